The Kier molecular flexibility index (Phi) is 4.30. The van der Waals surface area contributed by atoms with Crippen molar-refractivity contribution in [3.63, 3.8) is 0 Å². The van der Waals surface area contributed by atoms with E-state index in [1.807, 2.05) is 0 Å². The molecular weight excluding hydrogens is 242 g/mol. The maximum Gasteiger partial charge on any atom is 0.0412 e. The van der Waals surface area contributed by atoms with Gasteiger partial charge in [0, 0.05) is 5.54 Å². The number of aryl methyl sites for hydroxylation is 2. The topological polar surface area (TPSA) is 26.0 Å². The summed E-state index contributed by atoms with van der Waals surface area (Å²) in [4.78, 5) is 0. The van der Waals surface area contributed by atoms with Crippen molar-refractivity contribution in [1.82, 2.24) is 0 Å². The van der Waals surface area contributed by atoms with Crippen molar-refractivity contribution in [2.45, 2.75) is 72.3 Å². The lowest BCUT2D eigenvalue weighted by Gasteiger charge is -2.44. The van der Waals surface area contributed by atoms with Crippen LogP contribution in [0.15, 0.2) is 18.2 Å². The molecule has 1 fully saturated rings. The summed E-state index contributed by atoms with van der Waals surface area (Å²) < 4.78 is 0. The summed E-state index contributed by atoms with van der Waals surface area (Å²) in [5.74, 6) is 0.828. The molecule has 0 spiro atoms. The zero-order chi connectivity index (χ0) is 15.0. The molecule has 0 aromatic heterocycles. The highest BCUT2D eigenvalue weighted by atomic mass is 14.8. The molecule has 0 atom stereocenters. The van der Waals surface area contributed by atoms with Crippen LogP contribution in [0.25, 0.3) is 0 Å². The molecule has 1 nitrogen and oxygen atoms in total. The fourth-order valence-corrected chi connectivity index (χ4v) is 3.74. The van der Waals surface area contributed by atoms with E-state index in [2.05, 4.69) is 52.8 Å². The molecule has 0 amide bonds. The standard InChI is InChI=1S/C19H31N/c1-6-18(4,5)16-9-11-19(20,12-10-16)17-13-14(2)7-8-15(17)3/h7-8,13,16H,6,9-12,20H2,1-5H3. The second-order valence-corrected chi connectivity index (χ2v) is 7.59. The quantitative estimate of drug-likeness (QED) is 0.816. The van der Waals surface area contributed by atoms with Crippen LogP contribution >= 0.6 is 0 Å². The summed E-state index contributed by atoms with van der Waals surface area (Å²) in [7, 11) is 0. The second-order valence-electron chi connectivity index (χ2n) is 7.59. The normalized spacial score (nSPS) is 27.6. The smallest absolute Gasteiger partial charge is 0.0412 e. The fourth-order valence-electron chi connectivity index (χ4n) is 3.74. The number of nitrogens with two attached hydrogens (primary N) is 1. The Hall–Kier alpha value is -0.820. The summed E-state index contributed by atoms with van der Waals surface area (Å²) in [5, 5.41) is 0. The van der Waals surface area contributed by atoms with Crippen LogP contribution in [-0.4, -0.2) is 0 Å². The van der Waals surface area contributed by atoms with Gasteiger partial charge in [-0.2, -0.15) is 0 Å². The highest BCUT2D eigenvalue weighted by Gasteiger charge is 2.38. The number of benzene rings is 1. The van der Waals surface area contributed by atoms with Gasteiger partial charge in [0.1, 0.15) is 0 Å². The predicted molar refractivity (Wildman–Crippen MR) is 87.8 cm³/mol. The van der Waals surface area contributed by atoms with Crippen molar-refractivity contribution in [2.24, 2.45) is 17.1 Å². The van der Waals surface area contributed by atoms with Gasteiger partial charge in [-0.1, -0.05) is 51.0 Å². The van der Waals surface area contributed by atoms with E-state index in [9.17, 15) is 0 Å². The van der Waals surface area contributed by atoms with E-state index in [1.165, 1.54) is 36.0 Å². The summed E-state index contributed by atoms with van der Waals surface area (Å²) in [6, 6.07) is 6.72. The minimum absolute atomic E-state index is 0.101. The number of hydrogen-bond donors (Lipinski definition) is 1. The molecule has 0 bridgehead atoms. The highest BCUT2D eigenvalue weighted by Crippen LogP contribution is 2.46. The molecule has 1 heteroatoms. The third kappa shape index (κ3) is 2.93. The summed E-state index contributed by atoms with van der Waals surface area (Å²) in [5.41, 5.74) is 11.2. The maximum atomic E-state index is 6.80. The Morgan fingerprint density at radius 3 is 2.35 bits per heavy atom. The molecule has 1 aromatic carbocycles. The molecule has 20 heavy (non-hydrogen) atoms. The van der Waals surface area contributed by atoms with Gasteiger partial charge in [-0.15, -0.1) is 0 Å². The first-order chi connectivity index (χ1) is 9.28. The molecule has 2 N–H and O–H groups in total. The van der Waals surface area contributed by atoms with Gasteiger partial charge in [0.05, 0.1) is 0 Å². The van der Waals surface area contributed by atoms with Gasteiger partial charge in [-0.25, -0.2) is 0 Å². The molecule has 1 aliphatic carbocycles. The average Bonchev–Trinajstić information content (AvgIpc) is 2.42. The van der Waals surface area contributed by atoms with Crippen molar-refractivity contribution in [2.75, 3.05) is 0 Å². The number of hydrogen-bond acceptors (Lipinski definition) is 1. The summed E-state index contributed by atoms with van der Waals surface area (Å²) in [6.07, 6.45) is 6.06. The van der Waals surface area contributed by atoms with E-state index in [-0.39, 0.29) is 5.54 Å². The first-order valence-corrected chi connectivity index (χ1v) is 8.15. The van der Waals surface area contributed by atoms with Crippen molar-refractivity contribution in [3.05, 3.63) is 34.9 Å². The third-order valence-electron chi connectivity index (χ3n) is 5.82. The average molecular weight is 273 g/mol. The van der Waals surface area contributed by atoms with Gasteiger partial charge in [-0.05, 0) is 62.0 Å². The maximum absolute atomic E-state index is 6.80. The predicted octanol–water partition coefficient (Wildman–Crippen LogP) is 5.08. The molecule has 0 unspecified atom stereocenters. The molecular formula is C19H31N. The minimum atomic E-state index is -0.101. The molecule has 1 aromatic rings. The van der Waals surface area contributed by atoms with Crippen LogP contribution in [0.4, 0.5) is 0 Å². The molecule has 0 aliphatic heterocycles. The Balaban J connectivity index is 2.18. The van der Waals surface area contributed by atoms with Crippen LogP contribution in [-0.2, 0) is 5.54 Å². The van der Waals surface area contributed by atoms with E-state index in [1.54, 1.807) is 0 Å². The highest BCUT2D eigenvalue weighted by molar-refractivity contribution is 5.36. The van der Waals surface area contributed by atoms with E-state index in [0.29, 0.717) is 5.41 Å². The molecule has 2 rings (SSSR count). The summed E-state index contributed by atoms with van der Waals surface area (Å²) in [6.45, 7) is 11.5. The van der Waals surface area contributed by atoms with Gasteiger partial charge < -0.3 is 5.73 Å². The Bertz CT molecular complexity index is 465. The van der Waals surface area contributed by atoms with E-state index < -0.39 is 0 Å². The van der Waals surface area contributed by atoms with Crippen molar-refractivity contribution in [3.8, 4) is 0 Å². The Labute approximate surface area is 125 Å². The second kappa shape index (κ2) is 5.52. The van der Waals surface area contributed by atoms with Gasteiger partial charge in [0.25, 0.3) is 0 Å². The van der Waals surface area contributed by atoms with E-state index in [4.69, 9.17) is 5.73 Å². The van der Waals surface area contributed by atoms with Crippen molar-refractivity contribution >= 4 is 0 Å². The third-order valence-corrected chi connectivity index (χ3v) is 5.82. The van der Waals surface area contributed by atoms with Gasteiger partial charge >= 0.3 is 0 Å². The van der Waals surface area contributed by atoms with Crippen molar-refractivity contribution < 1.29 is 0 Å². The lowest BCUT2D eigenvalue weighted by Crippen LogP contribution is -2.43. The van der Waals surface area contributed by atoms with E-state index in [0.717, 1.165) is 18.8 Å². The van der Waals surface area contributed by atoms with Crippen molar-refractivity contribution in [1.29, 1.82) is 0 Å². The van der Waals surface area contributed by atoms with Crippen LogP contribution < -0.4 is 5.73 Å². The van der Waals surface area contributed by atoms with Crippen LogP contribution in [0.1, 0.15) is 69.6 Å². The Morgan fingerprint density at radius 1 is 1.20 bits per heavy atom. The first-order valence-electron chi connectivity index (χ1n) is 8.15. The summed E-state index contributed by atoms with van der Waals surface area (Å²) >= 11 is 0. The van der Waals surface area contributed by atoms with Crippen LogP contribution in [0, 0.1) is 25.2 Å². The Morgan fingerprint density at radius 2 is 1.80 bits per heavy atom. The molecule has 1 saturated carbocycles. The fraction of sp³-hybridized carbons (Fsp3) is 0.684. The molecule has 112 valence electrons. The van der Waals surface area contributed by atoms with Gasteiger partial charge in [0.2, 0.25) is 0 Å². The number of rotatable bonds is 3. The van der Waals surface area contributed by atoms with Crippen LogP contribution in [0.3, 0.4) is 0 Å². The largest absolute Gasteiger partial charge is 0.321 e. The van der Waals surface area contributed by atoms with Gasteiger partial charge in [-0.3, -0.25) is 0 Å². The minimum Gasteiger partial charge on any atom is -0.321 e. The van der Waals surface area contributed by atoms with Crippen LogP contribution in [0.2, 0.25) is 0 Å². The van der Waals surface area contributed by atoms with Gasteiger partial charge in [0.15, 0.2) is 0 Å². The molecule has 0 saturated heterocycles. The zero-order valence-corrected chi connectivity index (χ0v) is 13.9. The van der Waals surface area contributed by atoms with Crippen LogP contribution in [0.5, 0.6) is 0 Å². The first kappa shape index (κ1) is 15.6. The lowest BCUT2D eigenvalue weighted by atomic mass is 9.64. The zero-order valence-electron chi connectivity index (χ0n) is 13.9. The monoisotopic (exact) mass is 273 g/mol. The van der Waals surface area contributed by atoms with E-state index >= 15 is 0 Å². The molecule has 0 heterocycles. The molecule has 0 radical (unpaired) electrons. The molecule has 1 aliphatic rings. The lowest BCUT2D eigenvalue weighted by molar-refractivity contribution is 0.115. The SMILES string of the molecule is CCC(C)(C)C1CCC(N)(c2cc(C)ccc2C)CC1.